The van der Waals surface area contributed by atoms with Crippen molar-refractivity contribution in [3.05, 3.63) is 29.6 Å². The summed E-state index contributed by atoms with van der Waals surface area (Å²) in [5.74, 6) is 0.509. The number of aliphatic hydroxyl groups is 1. The van der Waals surface area contributed by atoms with Crippen LogP contribution in [0, 0.1) is 5.92 Å². The third-order valence-corrected chi connectivity index (χ3v) is 2.38. The molecule has 0 aliphatic heterocycles. The van der Waals surface area contributed by atoms with E-state index in [1.807, 2.05) is 6.07 Å². The van der Waals surface area contributed by atoms with E-state index in [4.69, 9.17) is 0 Å². The first-order valence-electron chi connectivity index (χ1n) is 5.26. The number of nitrogens with zero attached hydrogens (tertiary/aromatic N) is 1. The van der Waals surface area contributed by atoms with Crippen LogP contribution in [0.5, 0.6) is 0 Å². The third-order valence-electron chi connectivity index (χ3n) is 2.38. The minimum atomic E-state index is -0.362. The smallest absolute Gasteiger partial charge is 0.0810 e. The van der Waals surface area contributed by atoms with Gasteiger partial charge in [-0.2, -0.15) is 0 Å². The molecule has 1 N–H and O–H groups in total. The van der Waals surface area contributed by atoms with Crippen LogP contribution in [0.2, 0.25) is 0 Å². The van der Waals surface area contributed by atoms with Gasteiger partial charge in [0, 0.05) is 18.0 Å². The van der Waals surface area contributed by atoms with Gasteiger partial charge in [0.15, 0.2) is 0 Å². The molecule has 0 aliphatic carbocycles. The molecule has 1 atom stereocenters. The van der Waals surface area contributed by atoms with E-state index in [1.165, 1.54) is 5.56 Å². The average Bonchev–Trinajstić information content (AvgIpc) is 2.16. The molecule has 0 radical (unpaired) electrons. The lowest BCUT2D eigenvalue weighted by molar-refractivity contribution is 0.150. The Morgan fingerprint density at radius 3 is 2.71 bits per heavy atom. The Kier molecular flexibility index (Phi) is 4.08. The Balaban J connectivity index is 2.82. The molecule has 0 amide bonds. The average molecular weight is 193 g/mol. The number of rotatable bonds is 4. The van der Waals surface area contributed by atoms with Gasteiger partial charge in [-0.05, 0) is 30.4 Å². The lowest BCUT2D eigenvalue weighted by Crippen LogP contribution is -2.05. The predicted molar refractivity (Wildman–Crippen MR) is 58.0 cm³/mol. The lowest BCUT2D eigenvalue weighted by Gasteiger charge is -2.15. The second-order valence-electron chi connectivity index (χ2n) is 4.07. The van der Waals surface area contributed by atoms with Crippen molar-refractivity contribution < 1.29 is 5.11 Å². The maximum Gasteiger partial charge on any atom is 0.0810 e. The summed E-state index contributed by atoms with van der Waals surface area (Å²) >= 11 is 0. The molecule has 0 saturated carbocycles. The summed E-state index contributed by atoms with van der Waals surface area (Å²) in [5.41, 5.74) is 2.19. The third kappa shape index (κ3) is 2.81. The van der Waals surface area contributed by atoms with Crippen LogP contribution in [0.15, 0.2) is 18.5 Å². The highest BCUT2D eigenvalue weighted by atomic mass is 16.3. The van der Waals surface area contributed by atoms with Gasteiger partial charge in [-0.3, -0.25) is 4.98 Å². The zero-order valence-corrected chi connectivity index (χ0v) is 9.20. The monoisotopic (exact) mass is 193 g/mol. The maximum atomic E-state index is 9.96. The molecule has 0 bridgehead atoms. The van der Waals surface area contributed by atoms with E-state index in [-0.39, 0.29) is 6.10 Å². The second-order valence-corrected chi connectivity index (χ2v) is 4.07. The Bertz CT molecular complexity index is 283. The Morgan fingerprint density at radius 1 is 1.43 bits per heavy atom. The van der Waals surface area contributed by atoms with Gasteiger partial charge in [0.25, 0.3) is 0 Å². The molecule has 0 spiro atoms. The van der Waals surface area contributed by atoms with Gasteiger partial charge >= 0.3 is 0 Å². The quantitative estimate of drug-likeness (QED) is 0.797. The molecule has 14 heavy (non-hydrogen) atoms. The highest BCUT2D eigenvalue weighted by Gasteiger charge is 2.12. The van der Waals surface area contributed by atoms with Crippen molar-refractivity contribution in [1.82, 2.24) is 4.98 Å². The van der Waals surface area contributed by atoms with Gasteiger partial charge in [-0.25, -0.2) is 0 Å². The maximum absolute atomic E-state index is 9.96. The van der Waals surface area contributed by atoms with Gasteiger partial charge in [0.1, 0.15) is 0 Å². The van der Waals surface area contributed by atoms with Gasteiger partial charge in [-0.15, -0.1) is 0 Å². The number of hydrogen-bond acceptors (Lipinski definition) is 2. The fourth-order valence-corrected chi connectivity index (χ4v) is 1.63. The van der Waals surface area contributed by atoms with Crippen molar-refractivity contribution in [2.45, 2.75) is 39.7 Å². The van der Waals surface area contributed by atoms with Gasteiger partial charge < -0.3 is 5.11 Å². The predicted octanol–water partition coefficient (Wildman–Crippen LogP) is 2.72. The molecule has 2 nitrogen and oxygen atoms in total. The largest absolute Gasteiger partial charge is 0.388 e. The molecular weight excluding hydrogens is 174 g/mol. The Labute approximate surface area is 86.0 Å². The summed E-state index contributed by atoms with van der Waals surface area (Å²) in [5, 5.41) is 9.96. The summed E-state index contributed by atoms with van der Waals surface area (Å²) in [4.78, 5) is 4.06. The van der Waals surface area contributed by atoms with E-state index in [9.17, 15) is 5.11 Å². The summed E-state index contributed by atoms with van der Waals surface area (Å²) in [6, 6.07) is 1.98. The molecule has 0 fully saturated rings. The van der Waals surface area contributed by atoms with E-state index in [2.05, 4.69) is 25.8 Å². The highest BCUT2D eigenvalue weighted by molar-refractivity contribution is 5.25. The number of aliphatic hydroxyl groups excluding tert-OH is 1. The first-order valence-corrected chi connectivity index (χ1v) is 5.26. The van der Waals surface area contributed by atoms with Crippen LogP contribution < -0.4 is 0 Å². The number of aromatic nitrogens is 1. The first kappa shape index (κ1) is 11.2. The Morgan fingerprint density at radius 2 is 2.14 bits per heavy atom. The number of aryl methyl sites for hydroxylation is 1. The number of hydrogen-bond donors (Lipinski definition) is 1. The summed E-state index contributed by atoms with van der Waals surface area (Å²) < 4.78 is 0. The van der Waals surface area contributed by atoms with E-state index >= 15 is 0 Å². The molecule has 1 aromatic rings. The molecule has 1 rings (SSSR count). The van der Waals surface area contributed by atoms with Gasteiger partial charge in [0.05, 0.1) is 6.10 Å². The van der Waals surface area contributed by atoms with E-state index in [0.29, 0.717) is 5.92 Å². The van der Waals surface area contributed by atoms with Crippen LogP contribution in [0.25, 0.3) is 0 Å². The minimum absolute atomic E-state index is 0.362. The van der Waals surface area contributed by atoms with Crippen molar-refractivity contribution >= 4 is 0 Å². The summed E-state index contributed by atoms with van der Waals surface area (Å²) in [6.45, 7) is 6.33. The van der Waals surface area contributed by atoms with Crippen LogP contribution in [0.1, 0.15) is 44.4 Å². The van der Waals surface area contributed by atoms with Crippen LogP contribution in [0.4, 0.5) is 0 Å². The Hall–Kier alpha value is -0.890. The minimum Gasteiger partial charge on any atom is -0.388 e. The van der Waals surface area contributed by atoms with E-state index in [0.717, 1.165) is 18.4 Å². The van der Waals surface area contributed by atoms with Gasteiger partial charge in [0.2, 0.25) is 0 Å². The standard InChI is InChI=1S/C12H19NO/c1-4-10-5-6-13-8-11(10)12(14)7-9(2)3/h5-6,8-9,12,14H,4,7H2,1-3H3. The zero-order valence-electron chi connectivity index (χ0n) is 9.20. The van der Waals surface area contributed by atoms with Crippen LogP contribution in [-0.4, -0.2) is 10.1 Å². The van der Waals surface area contributed by atoms with Crippen molar-refractivity contribution in [2.24, 2.45) is 5.92 Å². The molecular formula is C12H19NO. The molecule has 78 valence electrons. The highest BCUT2D eigenvalue weighted by Crippen LogP contribution is 2.23. The summed E-state index contributed by atoms with van der Waals surface area (Å²) in [6.07, 6.45) is 4.96. The number of pyridine rings is 1. The normalized spacial score (nSPS) is 13.2. The van der Waals surface area contributed by atoms with E-state index < -0.39 is 0 Å². The van der Waals surface area contributed by atoms with Gasteiger partial charge in [-0.1, -0.05) is 20.8 Å². The fraction of sp³-hybridized carbons (Fsp3) is 0.583. The van der Waals surface area contributed by atoms with Crippen molar-refractivity contribution in [1.29, 1.82) is 0 Å². The molecule has 0 saturated heterocycles. The summed E-state index contributed by atoms with van der Waals surface area (Å²) in [7, 11) is 0. The lowest BCUT2D eigenvalue weighted by atomic mass is 9.96. The first-order chi connectivity index (χ1) is 6.65. The van der Waals surface area contributed by atoms with Crippen molar-refractivity contribution in [3.8, 4) is 0 Å². The van der Waals surface area contributed by atoms with Crippen LogP contribution >= 0.6 is 0 Å². The molecule has 0 aliphatic rings. The molecule has 2 heteroatoms. The molecule has 1 heterocycles. The fourth-order valence-electron chi connectivity index (χ4n) is 1.63. The zero-order chi connectivity index (χ0) is 10.6. The van der Waals surface area contributed by atoms with Crippen molar-refractivity contribution in [3.63, 3.8) is 0 Å². The SMILES string of the molecule is CCc1ccncc1C(O)CC(C)C. The van der Waals surface area contributed by atoms with Crippen LogP contribution in [-0.2, 0) is 6.42 Å². The molecule has 1 unspecified atom stereocenters. The molecule has 0 aromatic carbocycles. The van der Waals surface area contributed by atoms with Crippen molar-refractivity contribution in [2.75, 3.05) is 0 Å². The van der Waals surface area contributed by atoms with Crippen LogP contribution in [0.3, 0.4) is 0 Å². The molecule has 1 aromatic heterocycles. The second kappa shape index (κ2) is 5.11. The topological polar surface area (TPSA) is 33.1 Å². The van der Waals surface area contributed by atoms with E-state index in [1.54, 1.807) is 12.4 Å².